The highest BCUT2D eigenvalue weighted by Gasteiger charge is 2.28. The van der Waals surface area contributed by atoms with Gasteiger partial charge in [0.15, 0.2) is 0 Å². The molecule has 0 aromatic carbocycles. The molecule has 0 saturated heterocycles. The van der Waals surface area contributed by atoms with E-state index < -0.39 is 20.0 Å². The van der Waals surface area contributed by atoms with E-state index in [9.17, 15) is 19.4 Å². The van der Waals surface area contributed by atoms with Gasteiger partial charge in [-0.2, -0.15) is 0 Å². The lowest BCUT2D eigenvalue weighted by Crippen LogP contribution is -2.46. The summed E-state index contributed by atoms with van der Waals surface area (Å²) in [4.78, 5) is 23.1. The number of likely N-dealkylation sites (N-methyl/N-ethyl adjacent to an activating group) is 1. The van der Waals surface area contributed by atoms with Crippen LogP contribution in [0.3, 0.4) is 0 Å². The average Bonchev–Trinajstić information content (AvgIpc) is 3.13. The van der Waals surface area contributed by atoms with Crippen molar-refractivity contribution in [3.05, 3.63) is 60.8 Å². The van der Waals surface area contributed by atoms with E-state index in [4.69, 9.17) is 9.05 Å². The van der Waals surface area contributed by atoms with Crippen LogP contribution in [-0.2, 0) is 18.4 Å². The Labute approximate surface area is 339 Å². The first-order valence-electron chi connectivity index (χ1n) is 22.2. The van der Waals surface area contributed by atoms with E-state index in [0.717, 1.165) is 57.8 Å². The molecule has 0 aromatic rings. The summed E-state index contributed by atoms with van der Waals surface area (Å²) in [5.74, 6) is -0.203. The largest absolute Gasteiger partial charge is 0.472 e. The van der Waals surface area contributed by atoms with Crippen LogP contribution in [0.1, 0.15) is 174 Å². The fourth-order valence-electron chi connectivity index (χ4n) is 6.02. The molecule has 0 rings (SSSR count). The van der Waals surface area contributed by atoms with Gasteiger partial charge in [0.1, 0.15) is 13.2 Å². The molecule has 0 aliphatic carbocycles. The van der Waals surface area contributed by atoms with E-state index >= 15 is 0 Å². The summed E-state index contributed by atoms with van der Waals surface area (Å²) in [5, 5.41) is 13.9. The third kappa shape index (κ3) is 40.2. The second-order valence-corrected chi connectivity index (χ2v) is 17.5. The maximum absolute atomic E-state index is 12.9. The molecule has 0 aliphatic heterocycles. The lowest BCUT2D eigenvalue weighted by molar-refractivity contribution is -0.870. The Morgan fingerprint density at radius 2 is 1.07 bits per heavy atom. The molecule has 0 heterocycles. The molecule has 8 nitrogen and oxygen atoms in total. The normalized spacial score (nSPS) is 15.0. The Hall–Kier alpha value is -1.80. The van der Waals surface area contributed by atoms with Crippen LogP contribution in [0.15, 0.2) is 60.8 Å². The van der Waals surface area contributed by atoms with Gasteiger partial charge in [-0.05, 0) is 51.4 Å². The molecule has 0 saturated carbocycles. The molecule has 0 aliphatic rings. The highest BCUT2D eigenvalue weighted by molar-refractivity contribution is 7.47. The van der Waals surface area contributed by atoms with Gasteiger partial charge in [-0.1, -0.05) is 177 Å². The topological polar surface area (TPSA) is 105 Å². The number of nitrogens with zero attached hydrogens (tertiary/aromatic N) is 1. The highest BCUT2D eigenvalue weighted by Crippen LogP contribution is 2.43. The molecule has 3 atom stereocenters. The van der Waals surface area contributed by atoms with Gasteiger partial charge in [-0.3, -0.25) is 13.8 Å². The molecule has 0 spiro atoms. The van der Waals surface area contributed by atoms with Gasteiger partial charge in [0, 0.05) is 6.42 Å². The van der Waals surface area contributed by atoms with Gasteiger partial charge in [0.2, 0.25) is 5.91 Å². The predicted octanol–water partition coefficient (Wildman–Crippen LogP) is 12.2. The SMILES string of the molecule is CC/C=C\C/C=C\C/C=C\C/C=C\C/C=C\CCCC(=O)NC(COP(=O)(O)OCC[N+](C)(C)C)C(O)CCCCCCCCCCCCCCCCCC. The summed E-state index contributed by atoms with van der Waals surface area (Å²) in [6, 6.07) is -0.792. The number of phosphoric acid groups is 1. The van der Waals surface area contributed by atoms with Crippen LogP contribution in [0.25, 0.3) is 0 Å². The van der Waals surface area contributed by atoms with Crippen LogP contribution in [0.5, 0.6) is 0 Å². The maximum Gasteiger partial charge on any atom is 0.472 e. The molecule has 0 fully saturated rings. The van der Waals surface area contributed by atoms with Crippen LogP contribution < -0.4 is 5.32 Å². The van der Waals surface area contributed by atoms with Gasteiger partial charge >= 0.3 is 7.82 Å². The molecule has 9 heteroatoms. The van der Waals surface area contributed by atoms with E-state index in [-0.39, 0.29) is 19.1 Å². The summed E-state index contributed by atoms with van der Waals surface area (Å²) >= 11 is 0. The molecule has 0 radical (unpaired) electrons. The standard InChI is InChI=1S/C46H85N2O6P/c1-6-8-10-12-14-16-18-20-22-24-26-28-30-32-34-36-38-40-46(50)47-44(43-54-55(51,52)53-42-41-48(3,4)5)45(49)39-37-35-33-31-29-27-25-23-21-19-17-15-13-11-9-7-2/h8,10,14,16,20,22,26,28,32,34,44-45,49H,6-7,9,11-13,15,17-19,21,23-25,27,29-31,33,35-43H2,1-5H3,(H-,47,50,51,52)/p+1/b10-8-,16-14-,22-20-,28-26-,34-32-. The number of aliphatic hydroxyl groups excluding tert-OH is 1. The Balaban J connectivity index is 4.49. The number of amides is 1. The van der Waals surface area contributed by atoms with Crippen molar-refractivity contribution in [2.24, 2.45) is 0 Å². The van der Waals surface area contributed by atoms with Crippen molar-refractivity contribution in [1.29, 1.82) is 0 Å². The molecule has 1 amide bonds. The van der Waals surface area contributed by atoms with Gasteiger partial charge in [-0.15, -0.1) is 0 Å². The summed E-state index contributed by atoms with van der Waals surface area (Å²) in [6.07, 6.45) is 48.2. The van der Waals surface area contributed by atoms with Gasteiger partial charge in [-0.25, -0.2) is 4.57 Å². The molecule has 3 unspecified atom stereocenters. The number of carbonyl (C=O) groups is 1. The molecule has 0 aromatic heterocycles. The number of hydrogen-bond donors (Lipinski definition) is 3. The fraction of sp³-hybridized carbons (Fsp3) is 0.761. The van der Waals surface area contributed by atoms with Crippen LogP contribution in [0.2, 0.25) is 0 Å². The van der Waals surface area contributed by atoms with Crippen LogP contribution in [0.4, 0.5) is 0 Å². The average molecular weight is 794 g/mol. The number of quaternary nitrogens is 1. The molecule has 55 heavy (non-hydrogen) atoms. The van der Waals surface area contributed by atoms with Crippen molar-refractivity contribution < 1.29 is 32.9 Å². The summed E-state index contributed by atoms with van der Waals surface area (Å²) in [6.45, 7) is 4.72. The quantitative estimate of drug-likeness (QED) is 0.0248. The zero-order valence-electron chi connectivity index (χ0n) is 36.1. The number of aliphatic hydroxyl groups is 1. The number of nitrogens with one attached hydrogen (secondary N) is 1. The second kappa shape index (κ2) is 37.8. The van der Waals surface area contributed by atoms with Crippen LogP contribution >= 0.6 is 7.82 Å². The maximum atomic E-state index is 12.9. The van der Waals surface area contributed by atoms with Gasteiger partial charge < -0.3 is 19.8 Å². The van der Waals surface area contributed by atoms with Crippen molar-refractivity contribution in [2.75, 3.05) is 40.9 Å². The first kappa shape index (κ1) is 53.2. The third-order valence-corrected chi connectivity index (χ3v) is 10.5. The zero-order valence-corrected chi connectivity index (χ0v) is 37.0. The Morgan fingerprint density at radius 1 is 0.636 bits per heavy atom. The predicted molar refractivity (Wildman–Crippen MR) is 235 cm³/mol. The Bertz CT molecular complexity index is 1080. The number of allylic oxidation sites excluding steroid dienone is 10. The lowest BCUT2D eigenvalue weighted by atomic mass is 10.0. The molecular formula is C46H86N2O6P+. The van der Waals surface area contributed by atoms with Gasteiger partial charge in [0.25, 0.3) is 0 Å². The number of carbonyl (C=O) groups excluding carboxylic acids is 1. The summed E-state index contributed by atoms with van der Waals surface area (Å²) in [7, 11) is 1.57. The Morgan fingerprint density at radius 3 is 1.53 bits per heavy atom. The van der Waals surface area contributed by atoms with Crippen molar-refractivity contribution in [2.45, 2.75) is 187 Å². The van der Waals surface area contributed by atoms with Gasteiger partial charge in [0.05, 0.1) is 39.9 Å². The first-order chi connectivity index (χ1) is 26.5. The molecular weight excluding hydrogens is 707 g/mol. The number of unbranched alkanes of at least 4 members (excludes halogenated alkanes) is 16. The van der Waals surface area contributed by atoms with E-state index in [1.54, 1.807) is 0 Å². The second-order valence-electron chi connectivity index (χ2n) is 16.0. The first-order valence-corrected chi connectivity index (χ1v) is 23.6. The van der Waals surface area contributed by atoms with Crippen LogP contribution in [0, 0.1) is 0 Å². The minimum absolute atomic E-state index is 0.0614. The minimum atomic E-state index is -4.33. The highest BCUT2D eigenvalue weighted by atomic mass is 31.2. The molecule has 3 N–H and O–H groups in total. The van der Waals surface area contributed by atoms with E-state index in [2.05, 4.69) is 79.9 Å². The minimum Gasteiger partial charge on any atom is -0.391 e. The summed E-state index contributed by atoms with van der Waals surface area (Å²) in [5.41, 5.74) is 0. The molecule has 320 valence electrons. The number of phosphoric ester groups is 1. The van der Waals surface area contributed by atoms with Crippen LogP contribution in [-0.4, -0.2) is 73.4 Å². The summed E-state index contributed by atoms with van der Waals surface area (Å²) < 4.78 is 23.6. The zero-order chi connectivity index (χ0) is 40.7. The van der Waals surface area contributed by atoms with Crippen molar-refractivity contribution >= 4 is 13.7 Å². The van der Waals surface area contributed by atoms with Crippen molar-refractivity contribution in [3.63, 3.8) is 0 Å². The van der Waals surface area contributed by atoms with E-state index in [1.165, 1.54) is 83.5 Å². The fourth-order valence-corrected chi connectivity index (χ4v) is 6.76. The smallest absolute Gasteiger partial charge is 0.391 e. The van der Waals surface area contributed by atoms with Crippen molar-refractivity contribution in [1.82, 2.24) is 5.32 Å². The van der Waals surface area contributed by atoms with E-state index in [1.807, 2.05) is 21.1 Å². The monoisotopic (exact) mass is 794 g/mol. The number of hydrogen-bond acceptors (Lipinski definition) is 5. The van der Waals surface area contributed by atoms with E-state index in [0.29, 0.717) is 30.3 Å². The number of rotatable bonds is 39. The van der Waals surface area contributed by atoms with Crippen molar-refractivity contribution in [3.8, 4) is 0 Å². The third-order valence-electron chi connectivity index (χ3n) is 9.53. The molecule has 0 bridgehead atoms. The Kier molecular flexibility index (Phi) is 36.5. The lowest BCUT2D eigenvalue weighted by Gasteiger charge is -2.26.